The van der Waals surface area contributed by atoms with Crippen LogP contribution in [0.3, 0.4) is 0 Å². The first kappa shape index (κ1) is 13.7. The molecule has 0 aliphatic carbocycles. The summed E-state index contributed by atoms with van der Waals surface area (Å²) in [6.07, 6.45) is 3.69. The van der Waals surface area contributed by atoms with Crippen LogP contribution in [0.1, 0.15) is 28.6 Å². The van der Waals surface area contributed by atoms with E-state index < -0.39 is 0 Å². The quantitative estimate of drug-likeness (QED) is 0.571. The van der Waals surface area contributed by atoms with E-state index >= 15 is 0 Å². The predicted octanol–water partition coefficient (Wildman–Crippen LogP) is 2.80. The number of benzene rings is 1. The summed E-state index contributed by atoms with van der Waals surface area (Å²) in [6.45, 7) is 3.99. The van der Waals surface area contributed by atoms with Crippen molar-refractivity contribution in [2.75, 3.05) is 0 Å². The fraction of sp³-hybridized carbons (Fsp3) is 0.176. The summed E-state index contributed by atoms with van der Waals surface area (Å²) in [4.78, 5) is 8.66. The van der Waals surface area contributed by atoms with Crippen molar-refractivity contribution in [1.82, 2.24) is 15.4 Å². The molecule has 0 saturated carbocycles. The molecule has 4 heteroatoms. The van der Waals surface area contributed by atoms with Gasteiger partial charge in [-0.15, -0.1) is 0 Å². The second kappa shape index (κ2) is 5.60. The molecule has 4 nitrogen and oxygen atoms in total. The summed E-state index contributed by atoms with van der Waals surface area (Å²) in [7, 11) is 0. The maximum atomic E-state index is 5.84. The van der Waals surface area contributed by atoms with E-state index in [0.717, 1.165) is 33.3 Å². The lowest BCUT2D eigenvalue weighted by Crippen LogP contribution is -2.29. The van der Waals surface area contributed by atoms with E-state index in [4.69, 9.17) is 5.84 Å². The van der Waals surface area contributed by atoms with Crippen LogP contribution in [0.15, 0.2) is 48.8 Å². The van der Waals surface area contributed by atoms with Crippen LogP contribution in [0.2, 0.25) is 0 Å². The average Bonchev–Trinajstić information content (AvgIpc) is 2.47. The van der Waals surface area contributed by atoms with Crippen molar-refractivity contribution in [2.45, 2.75) is 19.9 Å². The molecule has 0 bridgehead atoms. The molecule has 21 heavy (non-hydrogen) atoms. The maximum Gasteiger partial charge on any atom is 0.0717 e. The average molecular weight is 278 g/mol. The molecule has 0 aliphatic heterocycles. The molecule has 0 amide bonds. The third-order valence-corrected chi connectivity index (χ3v) is 3.63. The van der Waals surface area contributed by atoms with Gasteiger partial charge in [0.15, 0.2) is 0 Å². The molecule has 106 valence electrons. The normalized spacial score (nSPS) is 12.5. The monoisotopic (exact) mass is 278 g/mol. The SMILES string of the molecule is Cc1cc(C(NN)c2cccc3ccncc23)cc(C)n1. The highest BCUT2D eigenvalue weighted by Crippen LogP contribution is 2.28. The number of aromatic nitrogens is 2. The van der Waals surface area contributed by atoms with Gasteiger partial charge in [0.25, 0.3) is 0 Å². The molecule has 0 radical (unpaired) electrons. The Balaban J connectivity index is 2.18. The van der Waals surface area contributed by atoms with Gasteiger partial charge in [0, 0.05) is 29.2 Å². The van der Waals surface area contributed by atoms with Crippen molar-refractivity contribution in [3.05, 3.63) is 71.3 Å². The van der Waals surface area contributed by atoms with Crippen molar-refractivity contribution in [3.63, 3.8) is 0 Å². The lowest BCUT2D eigenvalue weighted by atomic mass is 9.95. The molecular weight excluding hydrogens is 260 g/mol. The lowest BCUT2D eigenvalue weighted by molar-refractivity contribution is 0.638. The summed E-state index contributed by atoms with van der Waals surface area (Å²) in [6, 6.07) is 12.3. The Morgan fingerprint density at radius 1 is 1.10 bits per heavy atom. The standard InChI is InChI=1S/C17H18N4/c1-11-8-14(9-12(2)20-11)17(21-18)15-5-3-4-13-6-7-19-10-16(13)15/h3-10,17,21H,18H2,1-2H3. The van der Waals surface area contributed by atoms with E-state index in [1.807, 2.05) is 32.2 Å². The van der Waals surface area contributed by atoms with Crippen LogP contribution in [0.4, 0.5) is 0 Å². The summed E-state index contributed by atoms with van der Waals surface area (Å²) < 4.78 is 0. The van der Waals surface area contributed by atoms with Crippen LogP contribution < -0.4 is 11.3 Å². The molecule has 1 aromatic carbocycles. The number of pyridine rings is 2. The molecule has 3 rings (SSSR count). The smallest absolute Gasteiger partial charge is 0.0717 e. The summed E-state index contributed by atoms with van der Waals surface area (Å²) in [5.74, 6) is 5.84. The van der Waals surface area contributed by atoms with Crippen LogP contribution >= 0.6 is 0 Å². The van der Waals surface area contributed by atoms with Crippen molar-refractivity contribution in [3.8, 4) is 0 Å². The van der Waals surface area contributed by atoms with Crippen LogP contribution in [0.25, 0.3) is 10.8 Å². The molecule has 3 N–H and O–H groups in total. The molecule has 1 unspecified atom stereocenters. The van der Waals surface area contributed by atoms with Gasteiger partial charge < -0.3 is 0 Å². The Morgan fingerprint density at radius 3 is 2.57 bits per heavy atom. The zero-order valence-electron chi connectivity index (χ0n) is 12.2. The number of fused-ring (bicyclic) bond motifs is 1. The van der Waals surface area contributed by atoms with E-state index in [0.29, 0.717) is 0 Å². The zero-order chi connectivity index (χ0) is 14.8. The molecule has 0 saturated heterocycles. The summed E-state index contributed by atoms with van der Waals surface area (Å²) >= 11 is 0. The number of rotatable bonds is 3. The van der Waals surface area contributed by atoms with E-state index in [2.05, 4.69) is 39.7 Å². The van der Waals surface area contributed by atoms with Gasteiger partial charge in [-0.25, -0.2) is 5.43 Å². The Hall–Kier alpha value is -2.30. The fourth-order valence-corrected chi connectivity index (χ4v) is 2.79. The highest BCUT2D eigenvalue weighted by molar-refractivity contribution is 5.85. The van der Waals surface area contributed by atoms with Crippen molar-refractivity contribution < 1.29 is 0 Å². The predicted molar refractivity (Wildman–Crippen MR) is 84.6 cm³/mol. The number of hydrogen-bond donors (Lipinski definition) is 2. The van der Waals surface area contributed by atoms with Gasteiger partial charge in [-0.3, -0.25) is 15.8 Å². The molecular formula is C17H18N4. The molecule has 2 aromatic heterocycles. The molecule has 0 fully saturated rings. The van der Waals surface area contributed by atoms with Crippen molar-refractivity contribution >= 4 is 10.8 Å². The maximum absolute atomic E-state index is 5.84. The highest BCUT2D eigenvalue weighted by atomic mass is 15.2. The second-order valence-corrected chi connectivity index (χ2v) is 5.23. The fourth-order valence-electron chi connectivity index (χ4n) is 2.79. The topological polar surface area (TPSA) is 63.8 Å². The molecule has 0 aliphatic rings. The number of hydrogen-bond acceptors (Lipinski definition) is 4. The second-order valence-electron chi connectivity index (χ2n) is 5.23. The lowest BCUT2D eigenvalue weighted by Gasteiger charge is -2.19. The van der Waals surface area contributed by atoms with Crippen molar-refractivity contribution in [1.29, 1.82) is 0 Å². The number of nitrogens with one attached hydrogen (secondary N) is 1. The third-order valence-electron chi connectivity index (χ3n) is 3.63. The first-order valence-electron chi connectivity index (χ1n) is 6.93. The van der Waals surface area contributed by atoms with Gasteiger partial charge in [0.1, 0.15) is 0 Å². The van der Waals surface area contributed by atoms with E-state index in [9.17, 15) is 0 Å². The zero-order valence-corrected chi connectivity index (χ0v) is 12.2. The number of aryl methyl sites for hydroxylation is 2. The summed E-state index contributed by atoms with van der Waals surface area (Å²) in [5, 5.41) is 2.26. The van der Waals surface area contributed by atoms with Gasteiger partial charge in [-0.1, -0.05) is 18.2 Å². The Labute approximate surface area is 124 Å². The van der Waals surface area contributed by atoms with E-state index in [-0.39, 0.29) is 6.04 Å². The van der Waals surface area contributed by atoms with Gasteiger partial charge in [-0.05, 0) is 48.6 Å². The van der Waals surface area contributed by atoms with Crippen LogP contribution in [0.5, 0.6) is 0 Å². The molecule has 3 aromatic rings. The third kappa shape index (κ3) is 2.63. The van der Waals surface area contributed by atoms with Gasteiger partial charge in [-0.2, -0.15) is 0 Å². The van der Waals surface area contributed by atoms with Gasteiger partial charge in [0.2, 0.25) is 0 Å². The molecule has 1 atom stereocenters. The van der Waals surface area contributed by atoms with Crippen LogP contribution in [-0.4, -0.2) is 9.97 Å². The Morgan fingerprint density at radius 2 is 1.86 bits per heavy atom. The van der Waals surface area contributed by atoms with Crippen molar-refractivity contribution in [2.24, 2.45) is 5.84 Å². The number of nitrogens with zero attached hydrogens (tertiary/aromatic N) is 2. The first-order chi connectivity index (χ1) is 10.2. The van der Waals surface area contributed by atoms with Gasteiger partial charge >= 0.3 is 0 Å². The Kier molecular flexibility index (Phi) is 3.64. The molecule has 0 spiro atoms. The minimum atomic E-state index is -0.0849. The minimum absolute atomic E-state index is 0.0849. The van der Waals surface area contributed by atoms with Crippen LogP contribution in [0, 0.1) is 13.8 Å². The largest absolute Gasteiger partial charge is 0.271 e. The number of nitrogens with two attached hydrogens (primary N) is 1. The highest BCUT2D eigenvalue weighted by Gasteiger charge is 2.16. The number of hydrazine groups is 1. The van der Waals surface area contributed by atoms with E-state index in [1.165, 1.54) is 0 Å². The summed E-state index contributed by atoms with van der Waals surface area (Å²) in [5.41, 5.74) is 7.13. The Bertz CT molecular complexity index is 757. The van der Waals surface area contributed by atoms with E-state index in [1.54, 1.807) is 6.20 Å². The van der Waals surface area contributed by atoms with Crippen LogP contribution in [-0.2, 0) is 0 Å². The minimum Gasteiger partial charge on any atom is -0.271 e. The molecule has 2 heterocycles. The van der Waals surface area contributed by atoms with Gasteiger partial charge in [0.05, 0.1) is 6.04 Å². The first-order valence-corrected chi connectivity index (χ1v) is 6.93.